The monoisotopic (exact) mass is 438 g/mol. The van der Waals surface area contributed by atoms with Crippen LogP contribution in [-0.2, 0) is 4.79 Å². The number of carbonyl (C=O) groups is 1. The number of hydrogen-bond acceptors (Lipinski definition) is 5. The van der Waals surface area contributed by atoms with Gasteiger partial charge in [-0.15, -0.1) is 0 Å². The Morgan fingerprint density at radius 2 is 1.45 bits per heavy atom. The summed E-state index contributed by atoms with van der Waals surface area (Å²) in [7, 11) is 1.63. The van der Waals surface area contributed by atoms with E-state index in [9.17, 15) is 4.79 Å². The van der Waals surface area contributed by atoms with Crippen LogP contribution in [0.1, 0.15) is 11.1 Å². The normalized spacial score (nSPS) is 10.5. The van der Waals surface area contributed by atoms with E-state index in [1.807, 2.05) is 92.7 Å². The van der Waals surface area contributed by atoms with Crippen molar-refractivity contribution in [2.75, 3.05) is 24.3 Å². The van der Waals surface area contributed by atoms with E-state index in [-0.39, 0.29) is 18.4 Å². The molecule has 4 aromatic rings. The van der Waals surface area contributed by atoms with Crippen LogP contribution < -0.4 is 15.4 Å². The standard InChI is InChI=1S/C27H26N4O2/c1-18-7-9-20(10-8-18)24-16-25(21-11-13-23(33-3)14-12-21)30-27(29-24)31-26(32)17-28-22-6-4-5-19(2)15-22/h4-16,28H,17H2,1-3H3,(H,29,30,31,32). The fourth-order valence-corrected chi connectivity index (χ4v) is 3.39. The third-order valence-corrected chi connectivity index (χ3v) is 5.18. The highest BCUT2D eigenvalue weighted by atomic mass is 16.5. The van der Waals surface area contributed by atoms with E-state index in [2.05, 4.69) is 20.6 Å². The third kappa shape index (κ3) is 5.74. The molecule has 0 saturated carbocycles. The minimum Gasteiger partial charge on any atom is -0.497 e. The van der Waals surface area contributed by atoms with Gasteiger partial charge in [0.05, 0.1) is 25.0 Å². The lowest BCUT2D eigenvalue weighted by Crippen LogP contribution is -2.23. The first-order valence-corrected chi connectivity index (χ1v) is 10.7. The zero-order valence-electron chi connectivity index (χ0n) is 18.9. The van der Waals surface area contributed by atoms with E-state index in [0.29, 0.717) is 5.69 Å². The van der Waals surface area contributed by atoms with Gasteiger partial charge >= 0.3 is 0 Å². The number of aryl methyl sites for hydroxylation is 2. The van der Waals surface area contributed by atoms with Crippen molar-refractivity contribution >= 4 is 17.5 Å². The average molecular weight is 439 g/mol. The van der Waals surface area contributed by atoms with Crippen molar-refractivity contribution in [3.63, 3.8) is 0 Å². The molecular formula is C27H26N4O2. The number of aromatic nitrogens is 2. The molecule has 33 heavy (non-hydrogen) atoms. The Bertz CT molecular complexity index is 1250. The van der Waals surface area contributed by atoms with Crippen molar-refractivity contribution in [1.29, 1.82) is 0 Å². The highest BCUT2D eigenvalue weighted by Gasteiger charge is 2.12. The number of amides is 1. The van der Waals surface area contributed by atoms with Crippen LogP contribution in [0.4, 0.5) is 11.6 Å². The van der Waals surface area contributed by atoms with Gasteiger partial charge < -0.3 is 10.1 Å². The summed E-state index contributed by atoms with van der Waals surface area (Å²) in [6, 6.07) is 25.5. The van der Waals surface area contributed by atoms with E-state index in [4.69, 9.17) is 4.74 Å². The van der Waals surface area contributed by atoms with Gasteiger partial charge in [0.15, 0.2) is 0 Å². The van der Waals surface area contributed by atoms with Gasteiger partial charge in [-0.2, -0.15) is 0 Å². The molecule has 0 saturated heterocycles. The molecule has 166 valence electrons. The summed E-state index contributed by atoms with van der Waals surface area (Å²) in [5.74, 6) is 0.801. The second-order valence-electron chi connectivity index (χ2n) is 7.83. The molecule has 0 bridgehead atoms. The first-order valence-electron chi connectivity index (χ1n) is 10.7. The van der Waals surface area contributed by atoms with Crippen molar-refractivity contribution in [3.8, 4) is 28.3 Å². The molecule has 1 aromatic heterocycles. The summed E-state index contributed by atoms with van der Waals surface area (Å²) in [4.78, 5) is 21.8. The number of nitrogens with zero attached hydrogens (tertiary/aromatic N) is 2. The summed E-state index contributed by atoms with van der Waals surface area (Å²) in [5, 5.41) is 5.97. The molecule has 0 unspecified atom stereocenters. The van der Waals surface area contributed by atoms with E-state index in [0.717, 1.165) is 33.8 Å². The van der Waals surface area contributed by atoms with Crippen molar-refractivity contribution in [1.82, 2.24) is 9.97 Å². The summed E-state index contributed by atoms with van der Waals surface area (Å²) < 4.78 is 5.26. The molecule has 6 heteroatoms. The highest BCUT2D eigenvalue weighted by Crippen LogP contribution is 2.27. The number of benzene rings is 3. The Labute approximate surface area is 193 Å². The summed E-state index contributed by atoms with van der Waals surface area (Å²) in [6.45, 7) is 4.16. The maximum atomic E-state index is 12.6. The number of ether oxygens (including phenoxy) is 1. The summed E-state index contributed by atoms with van der Waals surface area (Å²) in [6.07, 6.45) is 0. The van der Waals surface area contributed by atoms with Crippen LogP contribution in [0.15, 0.2) is 78.9 Å². The van der Waals surface area contributed by atoms with Crippen molar-refractivity contribution < 1.29 is 9.53 Å². The van der Waals surface area contributed by atoms with Crippen LogP contribution in [0.3, 0.4) is 0 Å². The predicted octanol–water partition coefficient (Wildman–Crippen LogP) is 5.49. The molecule has 0 fully saturated rings. The van der Waals surface area contributed by atoms with Gasteiger partial charge in [0.25, 0.3) is 0 Å². The van der Waals surface area contributed by atoms with Crippen LogP contribution in [0.5, 0.6) is 5.75 Å². The van der Waals surface area contributed by atoms with Crippen LogP contribution in [-0.4, -0.2) is 29.5 Å². The van der Waals surface area contributed by atoms with Gasteiger partial charge in [0.2, 0.25) is 11.9 Å². The van der Waals surface area contributed by atoms with Gasteiger partial charge in [-0.3, -0.25) is 10.1 Å². The number of methoxy groups -OCH3 is 1. The van der Waals surface area contributed by atoms with Gasteiger partial charge in [0, 0.05) is 16.8 Å². The second-order valence-corrected chi connectivity index (χ2v) is 7.83. The first kappa shape index (κ1) is 22.0. The largest absolute Gasteiger partial charge is 0.497 e. The molecule has 6 nitrogen and oxygen atoms in total. The molecule has 2 N–H and O–H groups in total. The maximum absolute atomic E-state index is 12.6. The molecule has 0 spiro atoms. The Morgan fingerprint density at radius 1 is 0.818 bits per heavy atom. The lowest BCUT2D eigenvalue weighted by atomic mass is 10.1. The fourth-order valence-electron chi connectivity index (χ4n) is 3.39. The van der Waals surface area contributed by atoms with Crippen LogP contribution >= 0.6 is 0 Å². The Morgan fingerprint density at radius 3 is 2.06 bits per heavy atom. The zero-order valence-corrected chi connectivity index (χ0v) is 18.9. The maximum Gasteiger partial charge on any atom is 0.246 e. The van der Waals surface area contributed by atoms with Crippen LogP contribution in [0.25, 0.3) is 22.5 Å². The van der Waals surface area contributed by atoms with E-state index >= 15 is 0 Å². The van der Waals surface area contributed by atoms with Crippen molar-refractivity contribution in [3.05, 3.63) is 90.0 Å². The zero-order chi connectivity index (χ0) is 23.2. The summed E-state index contributed by atoms with van der Waals surface area (Å²) in [5.41, 5.74) is 6.48. The number of anilines is 2. The van der Waals surface area contributed by atoms with Crippen LogP contribution in [0.2, 0.25) is 0 Å². The minimum atomic E-state index is -0.224. The molecule has 4 rings (SSSR count). The second kappa shape index (κ2) is 9.96. The molecule has 0 aliphatic carbocycles. The Kier molecular flexibility index (Phi) is 6.64. The number of carbonyl (C=O) groups excluding carboxylic acids is 1. The molecular weight excluding hydrogens is 412 g/mol. The molecule has 0 aliphatic rings. The fraction of sp³-hybridized carbons (Fsp3) is 0.148. The smallest absolute Gasteiger partial charge is 0.246 e. The predicted molar refractivity (Wildman–Crippen MR) is 132 cm³/mol. The SMILES string of the molecule is COc1ccc(-c2cc(-c3ccc(C)cc3)nc(NC(=O)CNc3cccc(C)c3)n2)cc1. The number of hydrogen-bond donors (Lipinski definition) is 2. The average Bonchev–Trinajstić information content (AvgIpc) is 2.83. The van der Waals surface area contributed by atoms with Crippen molar-refractivity contribution in [2.24, 2.45) is 0 Å². The van der Waals surface area contributed by atoms with Gasteiger partial charge in [0.1, 0.15) is 5.75 Å². The Balaban J connectivity index is 1.60. The van der Waals surface area contributed by atoms with E-state index in [1.54, 1.807) is 7.11 Å². The molecule has 3 aromatic carbocycles. The molecule has 1 heterocycles. The molecule has 1 amide bonds. The topological polar surface area (TPSA) is 76.1 Å². The van der Waals surface area contributed by atoms with Gasteiger partial charge in [-0.1, -0.05) is 42.0 Å². The first-order chi connectivity index (χ1) is 16.0. The van der Waals surface area contributed by atoms with Gasteiger partial charge in [-0.05, 0) is 61.9 Å². The van der Waals surface area contributed by atoms with Crippen LogP contribution in [0, 0.1) is 13.8 Å². The quantitative estimate of drug-likeness (QED) is 0.399. The lowest BCUT2D eigenvalue weighted by Gasteiger charge is -2.11. The van der Waals surface area contributed by atoms with E-state index < -0.39 is 0 Å². The minimum absolute atomic E-state index is 0.111. The lowest BCUT2D eigenvalue weighted by molar-refractivity contribution is -0.114. The number of rotatable bonds is 7. The van der Waals surface area contributed by atoms with Gasteiger partial charge in [-0.25, -0.2) is 9.97 Å². The van der Waals surface area contributed by atoms with E-state index in [1.165, 1.54) is 5.56 Å². The number of nitrogens with one attached hydrogen (secondary N) is 2. The Hall–Kier alpha value is -4.19. The third-order valence-electron chi connectivity index (χ3n) is 5.18. The molecule has 0 atom stereocenters. The molecule has 0 radical (unpaired) electrons. The molecule has 0 aliphatic heterocycles. The van der Waals surface area contributed by atoms with Crippen molar-refractivity contribution in [2.45, 2.75) is 13.8 Å². The highest BCUT2D eigenvalue weighted by molar-refractivity contribution is 5.92. The summed E-state index contributed by atoms with van der Waals surface area (Å²) >= 11 is 0.